The zero-order valence-corrected chi connectivity index (χ0v) is 11.3. The molecule has 1 N–H and O–H groups in total. The fourth-order valence-corrected chi connectivity index (χ4v) is 3.28. The van der Waals surface area contributed by atoms with Crippen molar-refractivity contribution in [2.75, 3.05) is 0 Å². The van der Waals surface area contributed by atoms with Gasteiger partial charge < -0.3 is 0 Å². The summed E-state index contributed by atoms with van der Waals surface area (Å²) in [5, 5.41) is 10.3. The fourth-order valence-electron chi connectivity index (χ4n) is 2.19. The van der Waals surface area contributed by atoms with Crippen LogP contribution in [-0.2, 0) is 0 Å². The van der Waals surface area contributed by atoms with Crippen LogP contribution in [0.5, 0.6) is 0 Å². The largest absolute Gasteiger partial charge is 0.258 e. The molecule has 0 amide bonds. The molecule has 4 aromatic rings. The number of thiophene rings is 1. The number of aromatic amines is 1. The van der Waals surface area contributed by atoms with Gasteiger partial charge in [0.25, 0.3) is 0 Å². The Kier molecular flexibility index (Phi) is 2.27. The maximum absolute atomic E-state index is 5.19. The fraction of sp³-hybridized carbons (Fsp3) is 0. The molecule has 0 fully saturated rings. The Hall–Kier alpha value is -2.05. The quantitative estimate of drug-likeness (QED) is 0.542. The van der Waals surface area contributed by atoms with Crippen molar-refractivity contribution in [2.45, 2.75) is 0 Å². The maximum atomic E-state index is 5.19. The second-order valence-corrected chi connectivity index (χ2v) is 5.41. The van der Waals surface area contributed by atoms with E-state index in [1.165, 1.54) is 0 Å². The van der Waals surface area contributed by atoms with Crippen molar-refractivity contribution in [1.82, 2.24) is 19.6 Å². The summed E-state index contributed by atoms with van der Waals surface area (Å²) in [7, 11) is 0. The van der Waals surface area contributed by atoms with Gasteiger partial charge in [0.05, 0.1) is 5.39 Å². The molecule has 4 rings (SSSR count). The molecule has 0 unspecified atom stereocenters. The van der Waals surface area contributed by atoms with Crippen LogP contribution in [0.25, 0.3) is 27.0 Å². The van der Waals surface area contributed by atoms with E-state index in [0.717, 1.165) is 27.0 Å². The molecule has 0 aliphatic rings. The topological polar surface area (TPSA) is 46.0 Å². The molecular formula is C13H8N4S2. The van der Waals surface area contributed by atoms with Crippen LogP contribution in [-0.4, -0.2) is 19.6 Å². The van der Waals surface area contributed by atoms with Crippen molar-refractivity contribution in [3.63, 3.8) is 0 Å². The van der Waals surface area contributed by atoms with Gasteiger partial charge in [-0.3, -0.25) is 9.50 Å². The standard InChI is InChI=1S/C13H8N4S2/c18-13-16-15-11-10-9(8-4-2-1-3-5-8)6-19-12(10)14-7-17(11)13/h1-7H,(H,16,18). The molecule has 3 heterocycles. The summed E-state index contributed by atoms with van der Waals surface area (Å²) in [6.07, 6.45) is 1.72. The predicted molar refractivity (Wildman–Crippen MR) is 79.0 cm³/mol. The van der Waals surface area contributed by atoms with Crippen LogP contribution in [0.1, 0.15) is 0 Å². The minimum atomic E-state index is 0.564. The number of aromatic nitrogens is 4. The normalized spacial score (nSPS) is 11.4. The lowest BCUT2D eigenvalue weighted by Gasteiger charge is -2.00. The first kappa shape index (κ1) is 10.8. The molecule has 0 aliphatic carbocycles. The van der Waals surface area contributed by atoms with Crippen molar-refractivity contribution in [1.29, 1.82) is 0 Å². The summed E-state index contributed by atoms with van der Waals surface area (Å²) < 4.78 is 2.37. The molecule has 0 saturated carbocycles. The average molecular weight is 284 g/mol. The van der Waals surface area contributed by atoms with Gasteiger partial charge in [-0.1, -0.05) is 30.3 Å². The second-order valence-electron chi connectivity index (χ2n) is 4.16. The Labute approximate surface area is 117 Å². The van der Waals surface area contributed by atoms with Crippen molar-refractivity contribution in [2.24, 2.45) is 0 Å². The Morgan fingerprint density at radius 3 is 2.89 bits per heavy atom. The molecular weight excluding hydrogens is 276 g/mol. The van der Waals surface area contributed by atoms with E-state index in [2.05, 4.69) is 32.7 Å². The first-order valence-corrected chi connectivity index (χ1v) is 7.02. The molecule has 4 nitrogen and oxygen atoms in total. The average Bonchev–Trinajstić information content (AvgIpc) is 3.03. The van der Waals surface area contributed by atoms with Crippen molar-refractivity contribution in [3.8, 4) is 11.1 Å². The van der Waals surface area contributed by atoms with Gasteiger partial charge in [-0.2, -0.15) is 5.10 Å². The third kappa shape index (κ3) is 1.54. The van der Waals surface area contributed by atoms with Crippen LogP contribution in [0.15, 0.2) is 42.0 Å². The highest BCUT2D eigenvalue weighted by Gasteiger charge is 2.12. The molecule has 0 aliphatic heterocycles. The zero-order valence-electron chi connectivity index (χ0n) is 9.70. The Balaban J connectivity index is 2.18. The molecule has 92 valence electrons. The summed E-state index contributed by atoms with van der Waals surface area (Å²) in [6, 6.07) is 10.3. The number of benzene rings is 1. The number of H-pyrrole nitrogens is 1. The van der Waals surface area contributed by atoms with E-state index >= 15 is 0 Å². The molecule has 0 saturated heterocycles. The molecule has 0 bridgehead atoms. The maximum Gasteiger partial charge on any atom is 0.200 e. The van der Waals surface area contributed by atoms with E-state index in [1.54, 1.807) is 22.1 Å². The molecule has 0 spiro atoms. The lowest BCUT2D eigenvalue weighted by molar-refractivity contribution is 1.06. The summed E-state index contributed by atoms with van der Waals surface area (Å²) in [4.78, 5) is 5.42. The van der Waals surface area contributed by atoms with Crippen molar-refractivity contribution >= 4 is 39.4 Å². The summed E-state index contributed by atoms with van der Waals surface area (Å²) >= 11 is 6.81. The SMILES string of the molecule is S=c1[nH]nc2c3c(-c4ccccc4)csc3ncn12. The van der Waals surface area contributed by atoms with E-state index in [-0.39, 0.29) is 0 Å². The van der Waals surface area contributed by atoms with E-state index in [9.17, 15) is 0 Å². The lowest BCUT2D eigenvalue weighted by atomic mass is 10.1. The number of hydrogen-bond donors (Lipinski definition) is 1. The van der Waals surface area contributed by atoms with E-state index in [1.807, 2.05) is 18.2 Å². The van der Waals surface area contributed by atoms with E-state index in [0.29, 0.717) is 4.77 Å². The number of nitrogens with zero attached hydrogens (tertiary/aromatic N) is 3. The number of nitrogens with one attached hydrogen (secondary N) is 1. The molecule has 3 aromatic heterocycles. The summed E-state index contributed by atoms with van der Waals surface area (Å²) in [5.41, 5.74) is 3.14. The van der Waals surface area contributed by atoms with Crippen molar-refractivity contribution in [3.05, 3.63) is 46.8 Å². The number of rotatable bonds is 1. The summed E-state index contributed by atoms with van der Waals surface area (Å²) in [6.45, 7) is 0. The zero-order chi connectivity index (χ0) is 12.8. The van der Waals surface area contributed by atoms with Gasteiger partial charge in [0.2, 0.25) is 4.77 Å². The van der Waals surface area contributed by atoms with E-state index in [4.69, 9.17) is 12.2 Å². The van der Waals surface area contributed by atoms with E-state index < -0.39 is 0 Å². The number of fused-ring (bicyclic) bond motifs is 3. The Morgan fingerprint density at radius 1 is 1.21 bits per heavy atom. The van der Waals surface area contributed by atoms with Gasteiger partial charge in [0.1, 0.15) is 11.2 Å². The minimum absolute atomic E-state index is 0.564. The lowest BCUT2D eigenvalue weighted by Crippen LogP contribution is -1.88. The third-order valence-electron chi connectivity index (χ3n) is 3.07. The van der Waals surface area contributed by atoms with Crippen molar-refractivity contribution < 1.29 is 0 Å². The molecule has 6 heteroatoms. The van der Waals surface area contributed by atoms with Crippen LogP contribution < -0.4 is 0 Å². The smallest absolute Gasteiger partial charge is 0.200 e. The van der Waals surface area contributed by atoms with Crippen LogP contribution in [0.2, 0.25) is 0 Å². The molecule has 0 radical (unpaired) electrons. The van der Waals surface area contributed by atoms with Gasteiger partial charge >= 0.3 is 0 Å². The highest BCUT2D eigenvalue weighted by Crippen LogP contribution is 2.34. The van der Waals surface area contributed by atoms with Gasteiger partial charge in [-0.15, -0.1) is 11.3 Å². The first-order valence-electron chi connectivity index (χ1n) is 5.73. The molecule has 1 aromatic carbocycles. The van der Waals surface area contributed by atoms with Crippen LogP contribution >= 0.6 is 23.6 Å². The monoisotopic (exact) mass is 284 g/mol. The number of hydrogen-bond acceptors (Lipinski definition) is 4. The van der Waals surface area contributed by atoms with Gasteiger partial charge in [-0.25, -0.2) is 4.98 Å². The molecule has 19 heavy (non-hydrogen) atoms. The highest BCUT2D eigenvalue weighted by atomic mass is 32.1. The third-order valence-corrected chi connectivity index (χ3v) is 4.25. The van der Waals surface area contributed by atoms with Crippen LogP contribution in [0.3, 0.4) is 0 Å². The van der Waals surface area contributed by atoms with Crippen LogP contribution in [0.4, 0.5) is 0 Å². The summed E-state index contributed by atoms with van der Waals surface area (Å²) in [5.74, 6) is 0. The van der Waals surface area contributed by atoms with Gasteiger partial charge in [-0.05, 0) is 17.8 Å². The Bertz CT molecular complexity index is 934. The second kappa shape index (κ2) is 3.97. The Morgan fingerprint density at radius 2 is 2.05 bits per heavy atom. The van der Waals surface area contributed by atoms with Gasteiger partial charge in [0.15, 0.2) is 5.65 Å². The predicted octanol–water partition coefficient (Wildman–Crippen LogP) is 3.67. The molecule has 0 atom stereocenters. The minimum Gasteiger partial charge on any atom is -0.258 e. The first-order chi connectivity index (χ1) is 9.34. The highest BCUT2D eigenvalue weighted by molar-refractivity contribution is 7.71. The van der Waals surface area contributed by atoms with Gasteiger partial charge in [0, 0.05) is 10.9 Å². The van der Waals surface area contributed by atoms with Crippen LogP contribution in [0, 0.1) is 4.77 Å².